The molecule has 0 saturated carbocycles. The molecule has 1 aliphatic heterocycles. The lowest BCUT2D eigenvalue weighted by molar-refractivity contribution is 0.0768. The van der Waals surface area contributed by atoms with Crippen molar-refractivity contribution >= 4 is 29.3 Å². The maximum absolute atomic E-state index is 12.2. The van der Waals surface area contributed by atoms with E-state index in [0.29, 0.717) is 10.6 Å². The smallest absolute Gasteiger partial charge is 0.256 e. The molecular formula is C11H13ClN2OS. The summed E-state index contributed by atoms with van der Waals surface area (Å²) < 4.78 is 0. The number of hydrogen-bond acceptors (Lipinski definition) is 3. The van der Waals surface area contributed by atoms with E-state index in [2.05, 4.69) is 4.98 Å². The maximum atomic E-state index is 12.2. The molecule has 0 unspecified atom stereocenters. The fourth-order valence-electron chi connectivity index (χ4n) is 1.65. The van der Waals surface area contributed by atoms with Gasteiger partial charge in [-0.25, -0.2) is 0 Å². The van der Waals surface area contributed by atoms with Gasteiger partial charge >= 0.3 is 0 Å². The molecular weight excluding hydrogens is 244 g/mol. The Bertz CT molecular complexity index is 378. The fraction of sp³-hybridized carbons (Fsp3) is 0.455. The molecule has 5 heteroatoms. The first-order chi connectivity index (χ1) is 7.79. The monoisotopic (exact) mass is 256 g/mol. The average Bonchev–Trinajstić information content (AvgIpc) is 2.57. The lowest BCUT2D eigenvalue weighted by Gasteiger charge is -2.20. The Hall–Kier alpha value is -0.740. The van der Waals surface area contributed by atoms with Crippen LogP contribution in [0.25, 0.3) is 0 Å². The second-order valence-corrected chi connectivity index (χ2v) is 5.25. The summed E-state index contributed by atoms with van der Waals surface area (Å²) in [4.78, 5) is 18.0. The van der Waals surface area contributed by atoms with Crippen LogP contribution in [0.4, 0.5) is 0 Å². The highest BCUT2D eigenvalue weighted by Gasteiger charge is 2.19. The van der Waals surface area contributed by atoms with Crippen LogP contribution < -0.4 is 0 Å². The minimum atomic E-state index is 0.000556. The topological polar surface area (TPSA) is 33.2 Å². The third kappa shape index (κ3) is 2.68. The molecule has 1 saturated heterocycles. The number of carbonyl (C=O) groups excluding carboxylic acids is 1. The van der Waals surface area contributed by atoms with Crippen LogP contribution in [-0.4, -0.2) is 40.4 Å². The molecule has 0 radical (unpaired) electrons. The Morgan fingerprint density at radius 2 is 2.31 bits per heavy atom. The van der Waals surface area contributed by atoms with Gasteiger partial charge < -0.3 is 4.90 Å². The third-order valence-electron chi connectivity index (χ3n) is 2.51. The molecule has 1 aromatic heterocycles. The summed E-state index contributed by atoms with van der Waals surface area (Å²) in [6.45, 7) is 1.62. The minimum absolute atomic E-state index is 0.000556. The van der Waals surface area contributed by atoms with E-state index in [1.54, 1.807) is 18.5 Å². The second-order valence-electron chi connectivity index (χ2n) is 3.61. The van der Waals surface area contributed by atoms with Crippen LogP contribution in [-0.2, 0) is 0 Å². The van der Waals surface area contributed by atoms with E-state index in [9.17, 15) is 4.79 Å². The Labute approximate surface area is 104 Å². The van der Waals surface area contributed by atoms with E-state index in [1.807, 2.05) is 16.7 Å². The predicted octanol–water partition coefficient (Wildman–Crippen LogP) is 2.31. The lowest BCUT2D eigenvalue weighted by atomic mass is 10.2. The molecule has 2 heterocycles. The zero-order valence-electron chi connectivity index (χ0n) is 8.86. The van der Waals surface area contributed by atoms with Gasteiger partial charge in [0.1, 0.15) is 0 Å². The number of rotatable bonds is 1. The van der Waals surface area contributed by atoms with Gasteiger partial charge in [0.2, 0.25) is 0 Å². The molecule has 3 nitrogen and oxygen atoms in total. The predicted molar refractivity (Wildman–Crippen MR) is 67.1 cm³/mol. The molecule has 0 aliphatic carbocycles. The summed E-state index contributed by atoms with van der Waals surface area (Å²) >= 11 is 7.88. The van der Waals surface area contributed by atoms with Crippen molar-refractivity contribution in [2.24, 2.45) is 0 Å². The van der Waals surface area contributed by atoms with Gasteiger partial charge in [-0.1, -0.05) is 11.6 Å². The molecule has 0 atom stereocenters. The lowest BCUT2D eigenvalue weighted by Crippen LogP contribution is -2.33. The number of thioether (sulfide) groups is 1. The molecule has 0 spiro atoms. The van der Waals surface area contributed by atoms with Gasteiger partial charge in [0, 0.05) is 31.2 Å². The van der Waals surface area contributed by atoms with E-state index in [1.165, 1.54) is 0 Å². The van der Waals surface area contributed by atoms with Crippen molar-refractivity contribution in [3.05, 3.63) is 29.0 Å². The summed E-state index contributed by atoms with van der Waals surface area (Å²) in [6.07, 6.45) is 4.19. The van der Waals surface area contributed by atoms with Crippen LogP contribution in [0, 0.1) is 0 Å². The average molecular weight is 257 g/mol. The summed E-state index contributed by atoms with van der Waals surface area (Å²) in [5.41, 5.74) is 0.510. The van der Waals surface area contributed by atoms with Crippen LogP contribution in [0.2, 0.25) is 5.02 Å². The molecule has 2 rings (SSSR count). The number of pyridine rings is 1. The summed E-state index contributed by atoms with van der Waals surface area (Å²) in [6, 6.07) is 1.65. The van der Waals surface area contributed by atoms with Crippen molar-refractivity contribution in [1.82, 2.24) is 9.88 Å². The quantitative estimate of drug-likeness (QED) is 0.773. The van der Waals surface area contributed by atoms with Crippen LogP contribution in [0.1, 0.15) is 16.8 Å². The van der Waals surface area contributed by atoms with Crippen molar-refractivity contribution in [2.75, 3.05) is 24.6 Å². The van der Waals surface area contributed by atoms with Gasteiger partial charge in [-0.05, 0) is 18.2 Å². The molecule has 1 aromatic rings. The fourth-order valence-corrected chi connectivity index (χ4v) is 2.73. The first kappa shape index (κ1) is 11.7. The van der Waals surface area contributed by atoms with Gasteiger partial charge in [-0.3, -0.25) is 9.78 Å². The van der Waals surface area contributed by atoms with Crippen molar-refractivity contribution < 1.29 is 4.79 Å². The highest BCUT2D eigenvalue weighted by molar-refractivity contribution is 7.99. The van der Waals surface area contributed by atoms with Crippen LogP contribution in [0.15, 0.2) is 18.5 Å². The Balaban J connectivity index is 2.14. The minimum Gasteiger partial charge on any atom is -0.338 e. The second kappa shape index (κ2) is 5.55. The number of halogens is 1. The van der Waals surface area contributed by atoms with E-state index in [0.717, 1.165) is 31.0 Å². The Morgan fingerprint density at radius 1 is 1.44 bits per heavy atom. The summed E-state index contributed by atoms with van der Waals surface area (Å²) in [7, 11) is 0. The molecule has 16 heavy (non-hydrogen) atoms. The molecule has 1 fully saturated rings. The van der Waals surface area contributed by atoms with Crippen molar-refractivity contribution in [1.29, 1.82) is 0 Å². The summed E-state index contributed by atoms with van der Waals surface area (Å²) in [5.74, 6) is 2.13. The van der Waals surface area contributed by atoms with E-state index in [4.69, 9.17) is 11.6 Å². The molecule has 0 aromatic carbocycles. The van der Waals surface area contributed by atoms with Gasteiger partial charge in [-0.2, -0.15) is 11.8 Å². The van der Waals surface area contributed by atoms with Crippen molar-refractivity contribution in [3.63, 3.8) is 0 Å². The van der Waals surface area contributed by atoms with Gasteiger partial charge in [0.05, 0.1) is 10.6 Å². The summed E-state index contributed by atoms with van der Waals surface area (Å²) in [5, 5.41) is 0.483. The van der Waals surface area contributed by atoms with E-state index < -0.39 is 0 Å². The molecule has 0 bridgehead atoms. The standard InChI is InChI=1S/C11H13ClN2OS/c12-10-2-3-13-8-9(10)11(15)14-4-1-6-16-7-5-14/h2-3,8H,1,4-7H2. The molecule has 1 amide bonds. The SMILES string of the molecule is O=C(c1cnccc1Cl)N1CCCSCC1. The van der Waals surface area contributed by atoms with Crippen LogP contribution in [0.3, 0.4) is 0 Å². The number of carbonyl (C=O) groups is 1. The Kier molecular flexibility index (Phi) is 4.07. The zero-order chi connectivity index (χ0) is 11.4. The number of nitrogens with zero attached hydrogens (tertiary/aromatic N) is 2. The van der Waals surface area contributed by atoms with Gasteiger partial charge in [0.15, 0.2) is 0 Å². The number of amides is 1. The van der Waals surface area contributed by atoms with E-state index in [-0.39, 0.29) is 5.91 Å². The van der Waals surface area contributed by atoms with Crippen molar-refractivity contribution in [3.8, 4) is 0 Å². The largest absolute Gasteiger partial charge is 0.338 e. The Morgan fingerprint density at radius 3 is 3.12 bits per heavy atom. The van der Waals surface area contributed by atoms with Crippen LogP contribution >= 0.6 is 23.4 Å². The maximum Gasteiger partial charge on any atom is 0.256 e. The normalized spacial score (nSPS) is 16.9. The highest BCUT2D eigenvalue weighted by atomic mass is 35.5. The van der Waals surface area contributed by atoms with Crippen molar-refractivity contribution in [2.45, 2.75) is 6.42 Å². The number of hydrogen-bond donors (Lipinski definition) is 0. The number of aromatic nitrogens is 1. The first-order valence-electron chi connectivity index (χ1n) is 5.25. The first-order valence-corrected chi connectivity index (χ1v) is 6.79. The molecule has 86 valence electrons. The molecule has 0 N–H and O–H groups in total. The van der Waals surface area contributed by atoms with E-state index >= 15 is 0 Å². The van der Waals surface area contributed by atoms with Gasteiger partial charge in [0.25, 0.3) is 5.91 Å². The highest BCUT2D eigenvalue weighted by Crippen LogP contribution is 2.18. The zero-order valence-corrected chi connectivity index (χ0v) is 10.4. The van der Waals surface area contributed by atoms with Gasteiger partial charge in [-0.15, -0.1) is 0 Å². The van der Waals surface area contributed by atoms with Crippen LogP contribution in [0.5, 0.6) is 0 Å². The molecule has 1 aliphatic rings. The third-order valence-corrected chi connectivity index (χ3v) is 3.89.